The van der Waals surface area contributed by atoms with Crippen LogP contribution in [0.1, 0.15) is 43.4 Å². The SMILES string of the molecule is NN=CC1=C(N)CCN(CCCCCc2ccc3c(n2)N(N)C(=O)CC3)C1. The van der Waals surface area contributed by atoms with Gasteiger partial charge in [0, 0.05) is 42.9 Å². The third kappa shape index (κ3) is 4.84. The molecule has 0 bridgehead atoms. The van der Waals surface area contributed by atoms with Gasteiger partial charge in [-0.05, 0) is 43.9 Å². The second-order valence-electron chi connectivity index (χ2n) is 7.21. The van der Waals surface area contributed by atoms with E-state index in [0.29, 0.717) is 12.2 Å². The largest absolute Gasteiger partial charge is 0.402 e. The lowest BCUT2D eigenvalue weighted by atomic mass is 10.0. The number of hydrogen-bond acceptors (Lipinski definition) is 7. The Morgan fingerprint density at radius 1 is 1.19 bits per heavy atom. The normalized spacial score (nSPS) is 18.4. The number of fused-ring (bicyclic) bond motifs is 1. The van der Waals surface area contributed by atoms with E-state index in [9.17, 15) is 4.79 Å². The van der Waals surface area contributed by atoms with E-state index in [-0.39, 0.29) is 5.91 Å². The second-order valence-corrected chi connectivity index (χ2v) is 7.21. The van der Waals surface area contributed by atoms with Crippen LogP contribution in [-0.4, -0.2) is 41.6 Å². The highest BCUT2D eigenvalue weighted by Crippen LogP contribution is 2.24. The molecule has 1 aromatic rings. The first-order chi connectivity index (χ1) is 13.1. The number of carbonyl (C=O) groups excluding carboxylic acids is 1. The van der Waals surface area contributed by atoms with Crippen LogP contribution in [0, 0.1) is 0 Å². The highest BCUT2D eigenvalue weighted by Gasteiger charge is 2.23. The number of amides is 1. The van der Waals surface area contributed by atoms with E-state index in [1.54, 1.807) is 6.21 Å². The molecule has 2 aliphatic heterocycles. The fourth-order valence-corrected chi connectivity index (χ4v) is 3.62. The number of unbranched alkanes of at least 4 members (excludes halogenated alkanes) is 2. The van der Waals surface area contributed by atoms with Crippen LogP contribution in [0.5, 0.6) is 0 Å². The van der Waals surface area contributed by atoms with Crippen LogP contribution in [0.25, 0.3) is 0 Å². The van der Waals surface area contributed by atoms with Gasteiger partial charge in [-0.25, -0.2) is 15.8 Å². The molecule has 8 nitrogen and oxygen atoms in total. The lowest BCUT2D eigenvalue weighted by molar-refractivity contribution is -0.119. The molecule has 0 aliphatic carbocycles. The van der Waals surface area contributed by atoms with Gasteiger partial charge in [0.2, 0.25) is 5.91 Å². The van der Waals surface area contributed by atoms with Gasteiger partial charge in [0.05, 0.1) is 6.21 Å². The Hall–Kier alpha value is -2.45. The smallest absolute Gasteiger partial charge is 0.242 e. The molecule has 6 N–H and O–H groups in total. The molecule has 0 spiro atoms. The van der Waals surface area contributed by atoms with Crippen LogP contribution >= 0.6 is 0 Å². The number of aryl methyl sites for hydroxylation is 2. The highest BCUT2D eigenvalue weighted by atomic mass is 16.2. The molecule has 1 amide bonds. The van der Waals surface area contributed by atoms with E-state index in [2.05, 4.69) is 27.1 Å². The maximum Gasteiger partial charge on any atom is 0.242 e. The van der Waals surface area contributed by atoms with Crippen molar-refractivity contribution in [3.63, 3.8) is 0 Å². The molecule has 146 valence electrons. The summed E-state index contributed by atoms with van der Waals surface area (Å²) in [5.74, 6) is 11.6. The van der Waals surface area contributed by atoms with Gasteiger partial charge >= 0.3 is 0 Å². The number of rotatable bonds is 7. The van der Waals surface area contributed by atoms with E-state index in [1.165, 1.54) is 5.01 Å². The Morgan fingerprint density at radius 2 is 2.04 bits per heavy atom. The number of nitrogens with zero attached hydrogens (tertiary/aromatic N) is 4. The van der Waals surface area contributed by atoms with Crippen molar-refractivity contribution < 1.29 is 4.79 Å². The Balaban J connectivity index is 1.42. The first kappa shape index (κ1) is 19.3. The van der Waals surface area contributed by atoms with Crippen molar-refractivity contribution in [1.29, 1.82) is 0 Å². The first-order valence-corrected chi connectivity index (χ1v) is 9.58. The number of nitrogens with two attached hydrogens (primary N) is 3. The number of pyridine rings is 1. The number of hydrazone groups is 1. The summed E-state index contributed by atoms with van der Waals surface area (Å²) in [4.78, 5) is 18.7. The Labute approximate surface area is 160 Å². The third-order valence-electron chi connectivity index (χ3n) is 5.26. The van der Waals surface area contributed by atoms with Gasteiger partial charge in [0.15, 0.2) is 5.82 Å². The summed E-state index contributed by atoms with van der Waals surface area (Å²) in [6.45, 7) is 2.84. The van der Waals surface area contributed by atoms with Crippen LogP contribution in [0.2, 0.25) is 0 Å². The van der Waals surface area contributed by atoms with E-state index >= 15 is 0 Å². The van der Waals surface area contributed by atoms with Gasteiger partial charge < -0.3 is 11.6 Å². The van der Waals surface area contributed by atoms with Crippen molar-refractivity contribution in [3.8, 4) is 0 Å². The molecule has 0 saturated carbocycles. The maximum absolute atomic E-state index is 11.7. The quantitative estimate of drug-likeness (QED) is 0.214. The molecular weight excluding hydrogens is 342 g/mol. The Morgan fingerprint density at radius 3 is 2.85 bits per heavy atom. The minimum absolute atomic E-state index is 0.0672. The summed E-state index contributed by atoms with van der Waals surface area (Å²) in [5.41, 5.74) is 9.97. The second kappa shape index (κ2) is 8.96. The predicted molar refractivity (Wildman–Crippen MR) is 107 cm³/mol. The van der Waals surface area contributed by atoms with Crippen molar-refractivity contribution in [2.24, 2.45) is 22.5 Å². The molecule has 3 rings (SSSR count). The van der Waals surface area contributed by atoms with Gasteiger partial charge in [-0.2, -0.15) is 5.10 Å². The van der Waals surface area contributed by atoms with E-state index in [4.69, 9.17) is 17.4 Å². The Kier molecular flexibility index (Phi) is 6.41. The van der Waals surface area contributed by atoms with E-state index < -0.39 is 0 Å². The molecule has 0 fully saturated rings. The number of carbonyl (C=O) groups is 1. The number of hydrazine groups is 1. The molecule has 1 aromatic heterocycles. The van der Waals surface area contributed by atoms with Crippen LogP contribution < -0.4 is 22.4 Å². The summed E-state index contributed by atoms with van der Waals surface area (Å²) < 4.78 is 0. The molecule has 0 aromatic carbocycles. The van der Waals surface area contributed by atoms with Gasteiger partial charge in [0.25, 0.3) is 0 Å². The number of aromatic nitrogens is 1. The molecule has 0 atom stereocenters. The standard InChI is InChI=1S/C19H29N7O/c20-17-9-11-25(13-15(17)12-23-21)10-3-1-2-4-16-7-5-14-6-8-18(27)26(22)19(14)24-16/h5,7,12H,1-4,6,8-11,13,20-22H2. The monoisotopic (exact) mass is 371 g/mol. The third-order valence-corrected chi connectivity index (χ3v) is 5.26. The first-order valence-electron chi connectivity index (χ1n) is 9.58. The van der Waals surface area contributed by atoms with Crippen molar-refractivity contribution in [3.05, 3.63) is 34.7 Å². The average Bonchev–Trinajstić information content (AvgIpc) is 2.67. The molecule has 3 heterocycles. The molecule has 0 unspecified atom stereocenters. The minimum atomic E-state index is -0.0672. The van der Waals surface area contributed by atoms with Gasteiger partial charge in [-0.3, -0.25) is 9.69 Å². The molecule has 2 aliphatic rings. The fraction of sp³-hybridized carbons (Fsp3) is 0.526. The lowest BCUT2D eigenvalue weighted by Crippen LogP contribution is -2.41. The van der Waals surface area contributed by atoms with Crippen LogP contribution in [0.4, 0.5) is 5.82 Å². The summed E-state index contributed by atoms with van der Waals surface area (Å²) in [7, 11) is 0. The molecule has 0 radical (unpaired) electrons. The maximum atomic E-state index is 11.7. The number of hydrogen-bond donors (Lipinski definition) is 3. The van der Waals surface area contributed by atoms with Crippen molar-refractivity contribution in [2.45, 2.75) is 44.9 Å². The Bertz CT molecular complexity index is 744. The van der Waals surface area contributed by atoms with E-state index in [0.717, 1.165) is 80.7 Å². The molecule has 8 heteroatoms. The van der Waals surface area contributed by atoms with Crippen LogP contribution in [0.3, 0.4) is 0 Å². The summed E-state index contributed by atoms with van der Waals surface area (Å²) >= 11 is 0. The van der Waals surface area contributed by atoms with Crippen LogP contribution in [0.15, 0.2) is 28.5 Å². The highest BCUT2D eigenvalue weighted by molar-refractivity contribution is 5.94. The summed E-state index contributed by atoms with van der Waals surface area (Å²) in [6, 6.07) is 4.11. The van der Waals surface area contributed by atoms with Gasteiger partial charge in [-0.15, -0.1) is 0 Å². The average molecular weight is 371 g/mol. The van der Waals surface area contributed by atoms with Crippen molar-refractivity contribution in [1.82, 2.24) is 9.88 Å². The van der Waals surface area contributed by atoms with Crippen molar-refractivity contribution >= 4 is 17.9 Å². The van der Waals surface area contributed by atoms with Crippen LogP contribution in [-0.2, 0) is 17.6 Å². The van der Waals surface area contributed by atoms with Gasteiger partial charge in [-0.1, -0.05) is 12.5 Å². The zero-order valence-electron chi connectivity index (χ0n) is 15.7. The number of anilines is 1. The zero-order chi connectivity index (χ0) is 19.2. The zero-order valence-corrected chi connectivity index (χ0v) is 15.7. The molecule has 27 heavy (non-hydrogen) atoms. The van der Waals surface area contributed by atoms with Gasteiger partial charge in [0.1, 0.15) is 0 Å². The minimum Gasteiger partial charge on any atom is -0.402 e. The lowest BCUT2D eigenvalue weighted by Gasteiger charge is -2.28. The van der Waals surface area contributed by atoms with Crippen molar-refractivity contribution in [2.75, 3.05) is 24.6 Å². The molecular formula is C19H29N7O. The molecule has 0 saturated heterocycles. The summed E-state index contributed by atoms with van der Waals surface area (Å²) in [6.07, 6.45) is 7.92. The summed E-state index contributed by atoms with van der Waals surface area (Å²) in [5, 5.41) is 4.79. The fourth-order valence-electron chi connectivity index (χ4n) is 3.62. The topological polar surface area (TPSA) is 127 Å². The van der Waals surface area contributed by atoms with E-state index in [1.807, 2.05) is 0 Å². The predicted octanol–water partition coefficient (Wildman–Crippen LogP) is 0.810.